The van der Waals surface area contributed by atoms with Crippen LogP contribution in [-0.2, 0) is 18.4 Å². The smallest absolute Gasteiger partial charge is 0.387 e. The van der Waals surface area contributed by atoms with Crippen LogP contribution in [0.15, 0.2) is 146 Å². The van der Waals surface area contributed by atoms with Gasteiger partial charge in [-0.15, -0.1) is 0 Å². The quantitative estimate of drug-likeness (QED) is 0.0243. The number of phosphoric acid groups is 1. The van der Waals surface area contributed by atoms with E-state index in [0.717, 1.165) is 103 Å². The molecule has 0 aliphatic heterocycles. The summed E-state index contributed by atoms with van der Waals surface area (Å²) in [6.07, 6.45) is 79.4. The molecule has 0 aromatic rings. The molecule has 71 heavy (non-hydrogen) atoms. The molecule has 0 aliphatic carbocycles. The lowest BCUT2D eigenvalue weighted by molar-refractivity contribution is -0.870. The minimum Gasteiger partial charge on any atom is -0.387 e. The number of amides is 1. The molecule has 8 nitrogen and oxygen atoms in total. The molecule has 0 radical (unpaired) electrons. The van der Waals surface area contributed by atoms with Crippen LogP contribution in [0, 0.1) is 0 Å². The first kappa shape index (κ1) is 67.4. The van der Waals surface area contributed by atoms with E-state index in [1.54, 1.807) is 6.08 Å². The largest absolute Gasteiger partial charge is 0.472 e. The van der Waals surface area contributed by atoms with Crippen molar-refractivity contribution in [1.82, 2.24) is 5.32 Å². The van der Waals surface area contributed by atoms with Crippen LogP contribution >= 0.6 is 7.82 Å². The standard InChI is InChI=1S/C62H103N2O6P/c1-6-8-10-12-14-16-18-20-22-24-26-27-28-29-30-31-32-33-34-35-36-37-38-40-42-44-46-48-50-52-54-56-62(66)63-60(59-70-71(67,68)69-58-57-64(3,4)5)61(65)55-53-51-49-47-45-43-41-39-25-23-21-19-17-15-13-11-9-7-2/h8,10,14,16,20,22,25-27,29-30,32-33,35-36,38-40,44-47,53,55,60-61,65H,6-7,9,11-13,15,17-19,21,23-24,28,31,34,37,41-43,48-52,54,56-59H2,1-5H3,(H-,63,66,67,68)/p+1/b10-8-,16-14-,22-20-,27-26-,30-29-,33-32-,36-35-,39-25+,40-38-,46-44-,47-45+,55-53+. The van der Waals surface area contributed by atoms with Crippen molar-refractivity contribution in [3.05, 3.63) is 146 Å². The van der Waals surface area contributed by atoms with Gasteiger partial charge in [-0.2, -0.15) is 0 Å². The van der Waals surface area contributed by atoms with Crippen LogP contribution in [0.5, 0.6) is 0 Å². The van der Waals surface area contributed by atoms with Gasteiger partial charge >= 0.3 is 7.82 Å². The Morgan fingerprint density at radius 2 is 0.859 bits per heavy atom. The fourth-order valence-electron chi connectivity index (χ4n) is 6.95. The highest BCUT2D eigenvalue weighted by atomic mass is 31.2. The highest BCUT2D eigenvalue weighted by molar-refractivity contribution is 7.47. The molecule has 0 bridgehead atoms. The van der Waals surface area contributed by atoms with Crippen LogP contribution in [0.4, 0.5) is 0 Å². The zero-order chi connectivity index (χ0) is 52.0. The Labute approximate surface area is 436 Å². The summed E-state index contributed by atoms with van der Waals surface area (Å²) in [4.78, 5) is 23.3. The van der Waals surface area contributed by atoms with Crippen molar-refractivity contribution in [3.8, 4) is 0 Å². The number of likely N-dealkylation sites (N-methyl/N-ethyl adjacent to an activating group) is 1. The van der Waals surface area contributed by atoms with Gasteiger partial charge in [0, 0.05) is 6.42 Å². The SMILES string of the molecule is CC/C=C\C/C=C\C/C=C\C/C=C\C/C=C\C/C=C\C/C=C\C/C=C\C/C=C\CCCCCC(=O)NC(COP(=O)(O)OCC[N+](C)(C)C)C(O)/C=C/CC/C=C/CC/C=C/CCCCCCCCCC. The predicted octanol–water partition coefficient (Wildman–Crippen LogP) is 16.9. The maximum absolute atomic E-state index is 13.0. The molecule has 0 aromatic carbocycles. The minimum absolute atomic E-state index is 0.0379. The van der Waals surface area contributed by atoms with Crippen LogP contribution in [0.2, 0.25) is 0 Å². The van der Waals surface area contributed by atoms with E-state index in [1.807, 2.05) is 27.2 Å². The van der Waals surface area contributed by atoms with Crippen molar-refractivity contribution in [2.24, 2.45) is 0 Å². The molecule has 1 amide bonds. The van der Waals surface area contributed by atoms with Gasteiger partial charge in [0.25, 0.3) is 0 Å². The van der Waals surface area contributed by atoms with Gasteiger partial charge in [0.1, 0.15) is 13.2 Å². The first-order valence-corrected chi connectivity index (χ1v) is 29.2. The van der Waals surface area contributed by atoms with Crippen molar-refractivity contribution in [2.45, 2.75) is 199 Å². The Balaban J connectivity index is 4.42. The van der Waals surface area contributed by atoms with Gasteiger partial charge in [0.05, 0.1) is 39.9 Å². The lowest BCUT2D eigenvalue weighted by atomic mass is 10.1. The van der Waals surface area contributed by atoms with Crippen molar-refractivity contribution < 1.29 is 32.9 Å². The van der Waals surface area contributed by atoms with Gasteiger partial charge < -0.3 is 19.8 Å². The number of carbonyl (C=O) groups excluding carboxylic acids is 1. The number of nitrogens with one attached hydrogen (secondary N) is 1. The highest BCUT2D eigenvalue weighted by Crippen LogP contribution is 2.43. The van der Waals surface area contributed by atoms with Crippen LogP contribution in [0.25, 0.3) is 0 Å². The summed E-state index contributed by atoms with van der Waals surface area (Å²) in [7, 11) is 1.50. The van der Waals surface area contributed by atoms with Crippen LogP contribution in [0.3, 0.4) is 0 Å². The Hall–Kier alpha value is -3.62. The number of phosphoric ester groups is 1. The van der Waals surface area contributed by atoms with E-state index >= 15 is 0 Å². The van der Waals surface area contributed by atoms with Crippen molar-refractivity contribution in [3.63, 3.8) is 0 Å². The maximum atomic E-state index is 13.0. The third kappa shape index (κ3) is 54.0. The second kappa shape index (κ2) is 51.3. The highest BCUT2D eigenvalue weighted by Gasteiger charge is 2.27. The van der Waals surface area contributed by atoms with E-state index in [4.69, 9.17) is 9.05 Å². The number of carbonyl (C=O) groups is 1. The maximum Gasteiger partial charge on any atom is 0.472 e. The number of unbranched alkanes of at least 4 members (excludes halogenated alkanes) is 13. The fourth-order valence-corrected chi connectivity index (χ4v) is 7.68. The fraction of sp³-hybridized carbons (Fsp3) is 0.597. The molecular weight excluding hydrogens is 900 g/mol. The number of rotatable bonds is 48. The summed E-state index contributed by atoms with van der Waals surface area (Å²) in [6, 6.07) is -0.900. The lowest BCUT2D eigenvalue weighted by Gasteiger charge is -2.25. The van der Waals surface area contributed by atoms with Gasteiger partial charge in [-0.05, 0) is 116 Å². The molecule has 3 unspecified atom stereocenters. The molecule has 0 rings (SSSR count). The molecule has 3 N–H and O–H groups in total. The number of aliphatic hydroxyl groups excluding tert-OH is 1. The molecule has 0 saturated carbocycles. The van der Waals surface area contributed by atoms with Crippen LogP contribution in [0.1, 0.15) is 187 Å². The molecule has 0 spiro atoms. The molecule has 0 aliphatic rings. The lowest BCUT2D eigenvalue weighted by Crippen LogP contribution is -2.45. The zero-order valence-corrected chi connectivity index (χ0v) is 46.5. The first-order valence-electron chi connectivity index (χ1n) is 27.7. The number of aliphatic hydroxyl groups is 1. The van der Waals surface area contributed by atoms with Crippen molar-refractivity contribution in [2.75, 3.05) is 40.9 Å². The molecule has 0 heterocycles. The Kier molecular flexibility index (Phi) is 48.7. The third-order valence-electron chi connectivity index (χ3n) is 11.3. The zero-order valence-electron chi connectivity index (χ0n) is 45.6. The topological polar surface area (TPSA) is 105 Å². The van der Waals surface area contributed by atoms with Crippen molar-refractivity contribution >= 4 is 13.7 Å². The molecule has 3 atom stereocenters. The van der Waals surface area contributed by atoms with Crippen LogP contribution in [-0.4, -0.2) is 73.4 Å². The van der Waals surface area contributed by atoms with Gasteiger partial charge in [0.2, 0.25) is 5.91 Å². The Morgan fingerprint density at radius 1 is 0.493 bits per heavy atom. The third-order valence-corrected chi connectivity index (χ3v) is 12.3. The second-order valence-electron chi connectivity index (χ2n) is 19.2. The second-order valence-corrected chi connectivity index (χ2v) is 20.7. The van der Waals surface area contributed by atoms with E-state index in [-0.39, 0.29) is 19.1 Å². The van der Waals surface area contributed by atoms with E-state index in [9.17, 15) is 19.4 Å². The van der Waals surface area contributed by atoms with Gasteiger partial charge in [-0.3, -0.25) is 13.8 Å². The normalized spacial score (nSPS) is 15.1. The van der Waals surface area contributed by atoms with Gasteiger partial charge in [0.15, 0.2) is 0 Å². The van der Waals surface area contributed by atoms with Gasteiger partial charge in [-0.25, -0.2) is 4.57 Å². The van der Waals surface area contributed by atoms with Crippen LogP contribution < -0.4 is 5.32 Å². The summed E-state index contributed by atoms with van der Waals surface area (Å²) < 4.78 is 23.6. The summed E-state index contributed by atoms with van der Waals surface area (Å²) in [5.74, 6) is -0.230. The predicted molar refractivity (Wildman–Crippen MR) is 308 cm³/mol. The molecule has 0 fully saturated rings. The van der Waals surface area contributed by atoms with Crippen molar-refractivity contribution in [1.29, 1.82) is 0 Å². The summed E-state index contributed by atoms with van der Waals surface area (Å²) >= 11 is 0. The van der Waals surface area contributed by atoms with E-state index < -0.39 is 20.0 Å². The molecular formula is C62H104N2O6P+. The number of quaternary nitrogens is 1. The average molecular weight is 1000 g/mol. The van der Waals surface area contributed by atoms with Gasteiger partial charge in [-0.1, -0.05) is 211 Å². The number of nitrogens with zero attached hydrogens (tertiary/aromatic N) is 1. The molecule has 402 valence electrons. The summed E-state index contributed by atoms with van der Waals surface area (Å²) in [5.41, 5.74) is 0. The number of hydrogen-bond donors (Lipinski definition) is 3. The first-order chi connectivity index (χ1) is 34.5. The number of hydrogen-bond acceptors (Lipinski definition) is 5. The summed E-state index contributed by atoms with van der Waals surface area (Å²) in [6.45, 7) is 4.61. The Bertz CT molecular complexity index is 1660. The van der Waals surface area contributed by atoms with E-state index in [0.29, 0.717) is 23.9 Å². The molecule has 9 heteroatoms. The molecule has 0 aromatic heterocycles. The Morgan fingerprint density at radius 3 is 1.30 bits per heavy atom. The molecule has 0 saturated heterocycles. The summed E-state index contributed by atoms with van der Waals surface area (Å²) in [5, 5.41) is 13.9. The number of allylic oxidation sites excluding steroid dienone is 23. The minimum atomic E-state index is -4.38. The van der Waals surface area contributed by atoms with E-state index in [2.05, 4.69) is 153 Å². The average Bonchev–Trinajstić information content (AvgIpc) is 3.33. The van der Waals surface area contributed by atoms with E-state index in [1.165, 1.54) is 57.8 Å². The monoisotopic (exact) mass is 1000 g/mol.